The smallest absolute Gasteiger partial charge is 0.126 e. The Balaban J connectivity index is 2.45. The third-order valence-corrected chi connectivity index (χ3v) is 3.54. The van der Waals surface area contributed by atoms with Crippen molar-refractivity contribution in [3.8, 4) is 0 Å². The van der Waals surface area contributed by atoms with Gasteiger partial charge in [-0.25, -0.2) is 4.39 Å². The van der Waals surface area contributed by atoms with Gasteiger partial charge in [-0.1, -0.05) is 32.9 Å². The molecule has 0 aliphatic heterocycles. The number of hydrogen-bond acceptors (Lipinski definition) is 1. The molecule has 1 nitrogen and oxygen atoms in total. The van der Waals surface area contributed by atoms with E-state index in [4.69, 9.17) is 0 Å². The van der Waals surface area contributed by atoms with Gasteiger partial charge in [-0.05, 0) is 61.9 Å². The van der Waals surface area contributed by atoms with E-state index in [9.17, 15) is 4.39 Å². The van der Waals surface area contributed by atoms with Gasteiger partial charge in [0.25, 0.3) is 0 Å². The van der Waals surface area contributed by atoms with E-state index in [2.05, 4.69) is 26.1 Å². The fourth-order valence-electron chi connectivity index (χ4n) is 2.07. The summed E-state index contributed by atoms with van der Waals surface area (Å²) >= 11 is 0. The monoisotopic (exact) mass is 251 g/mol. The topological polar surface area (TPSA) is 12.0 Å². The Labute approximate surface area is 111 Å². The summed E-state index contributed by atoms with van der Waals surface area (Å²) in [6.45, 7) is 10.7. The fourth-order valence-corrected chi connectivity index (χ4v) is 2.07. The van der Waals surface area contributed by atoms with Crippen LogP contribution in [0.1, 0.15) is 44.7 Å². The van der Waals surface area contributed by atoms with Crippen LogP contribution in [0.25, 0.3) is 0 Å². The average Bonchev–Trinajstić information content (AvgIpc) is 2.31. The van der Waals surface area contributed by atoms with Crippen molar-refractivity contribution in [2.45, 2.75) is 47.0 Å². The molecular formula is C16H26FN. The summed E-state index contributed by atoms with van der Waals surface area (Å²) in [4.78, 5) is 0. The highest BCUT2D eigenvalue weighted by molar-refractivity contribution is 5.24. The molecule has 1 rings (SSSR count). The van der Waals surface area contributed by atoms with Crippen molar-refractivity contribution in [2.75, 3.05) is 13.1 Å². The van der Waals surface area contributed by atoms with Crippen LogP contribution in [0.3, 0.4) is 0 Å². The Morgan fingerprint density at radius 3 is 2.56 bits per heavy atom. The minimum atomic E-state index is -0.106. The Bertz CT molecular complexity index is 371. The molecule has 0 atom stereocenters. The molecule has 102 valence electrons. The molecule has 0 radical (unpaired) electrons. The Hall–Kier alpha value is -0.890. The summed E-state index contributed by atoms with van der Waals surface area (Å²) < 4.78 is 13.2. The summed E-state index contributed by atoms with van der Waals surface area (Å²) in [5, 5.41) is 3.37. The van der Waals surface area contributed by atoms with Gasteiger partial charge >= 0.3 is 0 Å². The molecule has 0 amide bonds. The standard InChI is InChI=1S/C16H26FN/c1-5-18-11-10-16(3,4)9-8-14-6-7-15(17)13(2)12-14/h6-7,12,18H,5,8-11H2,1-4H3. The van der Waals surface area contributed by atoms with Crippen LogP contribution in [0.15, 0.2) is 18.2 Å². The van der Waals surface area contributed by atoms with Gasteiger partial charge in [-0.3, -0.25) is 0 Å². The van der Waals surface area contributed by atoms with Gasteiger partial charge in [0.2, 0.25) is 0 Å². The number of benzene rings is 1. The zero-order valence-electron chi connectivity index (χ0n) is 12.1. The number of rotatable bonds is 7. The predicted octanol–water partition coefficient (Wildman–Crippen LogP) is 4.09. The average molecular weight is 251 g/mol. The molecule has 0 spiro atoms. The molecule has 0 fully saturated rings. The first kappa shape index (κ1) is 15.2. The second kappa shape index (κ2) is 6.89. The molecule has 1 aromatic carbocycles. The molecule has 0 aliphatic rings. The minimum absolute atomic E-state index is 0.106. The second-order valence-corrected chi connectivity index (χ2v) is 5.85. The van der Waals surface area contributed by atoms with Gasteiger partial charge in [0, 0.05) is 0 Å². The first-order valence-corrected chi connectivity index (χ1v) is 6.90. The van der Waals surface area contributed by atoms with E-state index in [1.165, 1.54) is 12.0 Å². The lowest BCUT2D eigenvalue weighted by Gasteiger charge is -2.24. The van der Waals surface area contributed by atoms with Gasteiger partial charge < -0.3 is 5.32 Å². The highest BCUT2D eigenvalue weighted by atomic mass is 19.1. The Morgan fingerprint density at radius 1 is 1.22 bits per heavy atom. The number of aryl methyl sites for hydroxylation is 2. The summed E-state index contributed by atoms with van der Waals surface area (Å²) in [6.07, 6.45) is 3.35. The van der Waals surface area contributed by atoms with Crippen LogP contribution in [-0.2, 0) is 6.42 Å². The van der Waals surface area contributed by atoms with E-state index in [0.29, 0.717) is 5.41 Å². The number of hydrogen-bond donors (Lipinski definition) is 1. The summed E-state index contributed by atoms with van der Waals surface area (Å²) in [6, 6.07) is 5.45. The van der Waals surface area contributed by atoms with Crippen molar-refractivity contribution in [3.05, 3.63) is 35.1 Å². The van der Waals surface area contributed by atoms with Crippen LogP contribution in [0, 0.1) is 18.2 Å². The summed E-state index contributed by atoms with van der Waals surface area (Å²) in [5.74, 6) is -0.106. The van der Waals surface area contributed by atoms with Crippen molar-refractivity contribution in [2.24, 2.45) is 5.41 Å². The van der Waals surface area contributed by atoms with Crippen LogP contribution in [-0.4, -0.2) is 13.1 Å². The molecule has 18 heavy (non-hydrogen) atoms. The second-order valence-electron chi connectivity index (χ2n) is 5.85. The quantitative estimate of drug-likeness (QED) is 0.720. The van der Waals surface area contributed by atoms with Crippen LogP contribution < -0.4 is 5.32 Å². The van der Waals surface area contributed by atoms with Gasteiger partial charge in [-0.15, -0.1) is 0 Å². The van der Waals surface area contributed by atoms with Crippen molar-refractivity contribution in [1.29, 1.82) is 0 Å². The molecule has 0 heterocycles. The molecule has 1 N–H and O–H groups in total. The third-order valence-electron chi connectivity index (χ3n) is 3.54. The van der Waals surface area contributed by atoms with Gasteiger partial charge in [-0.2, -0.15) is 0 Å². The molecular weight excluding hydrogens is 225 g/mol. The maximum absolute atomic E-state index is 13.2. The van der Waals surface area contributed by atoms with E-state index in [1.54, 1.807) is 6.07 Å². The zero-order chi connectivity index (χ0) is 13.6. The third kappa shape index (κ3) is 5.18. The molecule has 0 aliphatic carbocycles. The molecule has 2 heteroatoms. The zero-order valence-corrected chi connectivity index (χ0v) is 12.1. The maximum Gasteiger partial charge on any atom is 0.126 e. The summed E-state index contributed by atoms with van der Waals surface area (Å²) in [5.41, 5.74) is 2.33. The van der Waals surface area contributed by atoms with Crippen LogP contribution in [0.2, 0.25) is 0 Å². The van der Waals surface area contributed by atoms with E-state index in [0.717, 1.165) is 31.5 Å². The maximum atomic E-state index is 13.2. The van der Waals surface area contributed by atoms with Crippen molar-refractivity contribution < 1.29 is 4.39 Å². The lowest BCUT2D eigenvalue weighted by atomic mass is 9.83. The molecule has 0 aromatic heterocycles. The Kier molecular flexibility index (Phi) is 5.80. The van der Waals surface area contributed by atoms with Gasteiger partial charge in [0.05, 0.1) is 0 Å². The van der Waals surface area contributed by atoms with Crippen molar-refractivity contribution in [1.82, 2.24) is 5.32 Å². The first-order chi connectivity index (χ1) is 8.44. The SMILES string of the molecule is CCNCCC(C)(C)CCc1ccc(F)c(C)c1. The predicted molar refractivity (Wildman–Crippen MR) is 76.4 cm³/mol. The molecule has 0 saturated carbocycles. The Morgan fingerprint density at radius 2 is 1.94 bits per heavy atom. The highest BCUT2D eigenvalue weighted by Gasteiger charge is 2.17. The molecule has 0 unspecified atom stereocenters. The highest BCUT2D eigenvalue weighted by Crippen LogP contribution is 2.26. The molecule has 1 aromatic rings. The number of nitrogens with one attached hydrogen (secondary N) is 1. The lowest BCUT2D eigenvalue weighted by molar-refractivity contribution is 0.303. The van der Waals surface area contributed by atoms with E-state index >= 15 is 0 Å². The molecule has 0 bridgehead atoms. The van der Waals surface area contributed by atoms with Gasteiger partial charge in [0.1, 0.15) is 5.82 Å². The van der Waals surface area contributed by atoms with Gasteiger partial charge in [0.15, 0.2) is 0 Å². The normalized spacial score (nSPS) is 11.8. The largest absolute Gasteiger partial charge is 0.317 e. The number of halogens is 1. The van der Waals surface area contributed by atoms with E-state index < -0.39 is 0 Å². The minimum Gasteiger partial charge on any atom is -0.317 e. The summed E-state index contributed by atoms with van der Waals surface area (Å²) in [7, 11) is 0. The van der Waals surface area contributed by atoms with Crippen LogP contribution in [0.5, 0.6) is 0 Å². The fraction of sp³-hybridized carbons (Fsp3) is 0.625. The van der Waals surface area contributed by atoms with E-state index in [1.807, 2.05) is 19.1 Å². The van der Waals surface area contributed by atoms with E-state index in [-0.39, 0.29) is 5.82 Å². The lowest BCUT2D eigenvalue weighted by Crippen LogP contribution is -2.22. The van der Waals surface area contributed by atoms with Crippen molar-refractivity contribution >= 4 is 0 Å². The van der Waals surface area contributed by atoms with Crippen LogP contribution >= 0.6 is 0 Å². The van der Waals surface area contributed by atoms with Crippen molar-refractivity contribution in [3.63, 3.8) is 0 Å². The molecule has 0 saturated heterocycles. The van der Waals surface area contributed by atoms with Crippen LogP contribution in [0.4, 0.5) is 4.39 Å². The first-order valence-electron chi connectivity index (χ1n) is 6.90.